The number of sulfonamides is 1. The summed E-state index contributed by atoms with van der Waals surface area (Å²) in [7, 11) is -4.36. The summed E-state index contributed by atoms with van der Waals surface area (Å²) in [6.07, 6.45) is -4.69. The summed E-state index contributed by atoms with van der Waals surface area (Å²) in [6, 6.07) is 8.47. The largest absolute Gasteiger partial charge is 0.402 e. The Hall–Kier alpha value is -2.21. The van der Waals surface area contributed by atoms with E-state index >= 15 is 0 Å². The van der Waals surface area contributed by atoms with E-state index in [1.54, 1.807) is 0 Å². The van der Waals surface area contributed by atoms with Crippen molar-refractivity contribution in [1.82, 2.24) is 4.72 Å². The molecule has 0 fully saturated rings. The van der Waals surface area contributed by atoms with Gasteiger partial charge in [0, 0.05) is 15.8 Å². The highest BCUT2D eigenvalue weighted by Gasteiger charge is 2.30. The van der Waals surface area contributed by atoms with Crippen molar-refractivity contribution in [3.8, 4) is 0 Å². The molecule has 0 aliphatic heterocycles. The summed E-state index contributed by atoms with van der Waals surface area (Å²) in [5.74, 6) is -1.07. The predicted octanol–water partition coefficient (Wildman–Crippen LogP) is 4.79. The topological polar surface area (TPSA) is 75.3 Å². The number of halogens is 5. The highest BCUT2D eigenvalue weighted by atomic mass is 35.5. The molecule has 2 N–H and O–H groups in total. The van der Waals surface area contributed by atoms with Gasteiger partial charge in [0.25, 0.3) is 5.91 Å². The highest BCUT2D eigenvalue weighted by Crippen LogP contribution is 2.36. The molecular formula is C17H11ClF4N2O3S2. The zero-order valence-corrected chi connectivity index (χ0v) is 16.6. The Morgan fingerprint density at radius 3 is 2.38 bits per heavy atom. The van der Waals surface area contributed by atoms with Crippen LogP contribution in [0.2, 0.25) is 5.02 Å². The summed E-state index contributed by atoms with van der Waals surface area (Å²) in [4.78, 5) is 12.2. The molecule has 0 saturated carbocycles. The lowest BCUT2D eigenvalue weighted by Crippen LogP contribution is -2.33. The maximum atomic E-state index is 13.3. The second kappa shape index (κ2) is 7.90. The van der Waals surface area contributed by atoms with E-state index in [1.165, 1.54) is 35.1 Å². The molecule has 3 aromatic rings. The van der Waals surface area contributed by atoms with Crippen molar-refractivity contribution in [2.75, 3.05) is 11.9 Å². The van der Waals surface area contributed by atoms with E-state index in [4.69, 9.17) is 11.6 Å². The first kappa shape index (κ1) is 21.5. The Bertz CT molecular complexity index is 1180. The first-order valence-electron chi connectivity index (χ1n) is 7.82. The molecule has 29 heavy (non-hydrogen) atoms. The number of benzene rings is 2. The molecular weight excluding hydrogens is 456 g/mol. The Morgan fingerprint density at radius 2 is 1.76 bits per heavy atom. The van der Waals surface area contributed by atoms with Crippen molar-refractivity contribution in [3.05, 3.63) is 58.2 Å². The molecule has 3 rings (SSSR count). The van der Waals surface area contributed by atoms with Crippen LogP contribution >= 0.6 is 22.9 Å². The van der Waals surface area contributed by atoms with E-state index in [-0.39, 0.29) is 15.6 Å². The summed E-state index contributed by atoms with van der Waals surface area (Å²) in [6.45, 7) is -1.70. The first-order chi connectivity index (χ1) is 13.5. The van der Waals surface area contributed by atoms with Crippen molar-refractivity contribution >= 4 is 54.6 Å². The zero-order valence-electron chi connectivity index (χ0n) is 14.2. The summed E-state index contributed by atoms with van der Waals surface area (Å²) >= 11 is 7.16. The number of fused-ring (bicyclic) bond motifs is 1. The minimum absolute atomic E-state index is 0.135. The van der Waals surface area contributed by atoms with Crippen LogP contribution in [-0.4, -0.2) is 27.0 Å². The van der Waals surface area contributed by atoms with Crippen LogP contribution in [0.5, 0.6) is 0 Å². The molecule has 1 amide bonds. The van der Waals surface area contributed by atoms with Crippen LogP contribution in [0, 0.1) is 5.82 Å². The Morgan fingerprint density at radius 1 is 1.10 bits per heavy atom. The van der Waals surface area contributed by atoms with Crippen molar-refractivity contribution in [2.24, 2.45) is 0 Å². The lowest BCUT2D eigenvalue weighted by Gasteiger charge is -2.10. The lowest BCUT2D eigenvalue weighted by atomic mass is 10.2. The summed E-state index contributed by atoms with van der Waals surface area (Å²) in [5, 5.41) is 3.17. The summed E-state index contributed by atoms with van der Waals surface area (Å²) in [5.41, 5.74) is 0.199. The van der Waals surface area contributed by atoms with E-state index in [2.05, 4.69) is 5.32 Å². The third-order valence-corrected chi connectivity index (χ3v) is 6.76. The van der Waals surface area contributed by atoms with Gasteiger partial charge in [-0.15, -0.1) is 11.3 Å². The molecule has 0 spiro atoms. The number of nitrogens with one attached hydrogen (secondary N) is 2. The van der Waals surface area contributed by atoms with Crippen LogP contribution in [0.15, 0.2) is 47.4 Å². The standard InChI is InChI=1S/C17H11ClF4N2O3S2/c18-14-12-6-1-9(19)7-13(12)28-15(14)16(25)24-10-2-4-11(5-3-10)29(26,27)23-8-17(20,21)22/h1-7,23H,8H2,(H,24,25). The van der Waals surface area contributed by atoms with Gasteiger partial charge in [-0.25, -0.2) is 17.5 Å². The molecule has 0 saturated heterocycles. The zero-order chi connectivity index (χ0) is 21.4. The fourth-order valence-corrected chi connectivity index (χ4v) is 4.80. The number of rotatable bonds is 5. The van der Waals surface area contributed by atoms with Gasteiger partial charge < -0.3 is 5.32 Å². The van der Waals surface area contributed by atoms with Gasteiger partial charge >= 0.3 is 6.18 Å². The molecule has 0 radical (unpaired) electrons. The van der Waals surface area contributed by atoms with Gasteiger partial charge in [-0.2, -0.15) is 13.2 Å². The maximum absolute atomic E-state index is 13.3. The number of carbonyl (C=O) groups excluding carboxylic acids is 1. The Balaban J connectivity index is 1.76. The molecule has 5 nitrogen and oxygen atoms in total. The van der Waals surface area contributed by atoms with Gasteiger partial charge in [0.15, 0.2) is 0 Å². The van der Waals surface area contributed by atoms with Crippen LogP contribution in [0.3, 0.4) is 0 Å². The van der Waals surface area contributed by atoms with Gasteiger partial charge in [0.1, 0.15) is 17.2 Å². The molecule has 1 aromatic heterocycles. The van der Waals surface area contributed by atoms with E-state index in [0.717, 1.165) is 23.5 Å². The molecule has 0 unspecified atom stereocenters. The number of carbonyl (C=O) groups is 1. The SMILES string of the molecule is O=C(Nc1ccc(S(=O)(=O)NCC(F)(F)F)cc1)c1sc2cc(F)ccc2c1Cl. The van der Waals surface area contributed by atoms with Crippen molar-refractivity contribution in [1.29, 1.82) is 0 Å². The van der Waals surface area contributed by atoms with E-state index in [9.17, 15) is 30.8 Å². The number of amides is 1. The number of hydrogen-bond acceptors (Lipinski definition) is 4. The second-order valence-corrected chi connectivity index (χ2v) is 9.00. The van der Waals surface area contributed by atoms with Crippen molar-refractivity contribution in [3.63, 3.8) is 0 Å². The second-order valence-electron chi connectivity index (χ2n) is 5.80. The van der Waals surface area contributed by atoms with Crippen LogP contribution in [-0.2, 0) is 10.0 Å². The molecule has 1 heterocycles. The number of thiophene rings is 1. The number of alkyl halides is 3. The lowest BCUT2D eigenvalue weighted by molar-refractivity contribution is -0.121. The molecule has 0 atom stereocenters. The van der Waals surface area contributed by atoms with E-state index < -0.39 is 39.4 Å². The molecule has 0 aliphatic rings. The van der Waals surface area contributed by atoms with Gasteiger partial charge in [0.2, 0.25) is 10.0 Å². The van der Waals surface area contributed by atoms with Crippen LogP contribution in [0.25, 0.3) is 10.1 Å². The first-order valence-corrected chi connectivity index (χ1v) is 10.5. The minimum Gasteiger partial charge on any atom is -0.321 e. The highest BCUT2D eigenvalue weighted by molar-refractivity contribution is 7.89. The molecule has 0 aliphatic carbocycles. The van der Waals surface area contributed by atoms with Crippen LogP contribution in [0.4, 0.5) is 23.2 Å². The monoisotopic (exact) mass is 466 g/mol. The fraction of sp³-hybridized carbons (Fsp3) is 0.118. The van der Waals surface area contributed by atoms with E-state index in [1.807, 2.05) is 0 Å². The molecule has 12 heteroatoms. The fourth-order valence-electron chi connectivity index (χ4n) is 2.35. The van der Waals surface area contributed by atoms with Crippen molar-refractivity contribution < 1.29 is 30.8 Å². The number of anilines is 1. The van der Waals surface area contributed by atoms with Crippen LogP contribution < -0.4 is 10.0 Å². The average molecular weight is 467 g/mol. The van der Waals surface area contributed by atoms with Gasteiger partial charge in [-0.1, -0.05) is 11.6 Å². The number of hydrogen-bond donors (Lipinski definition) is 2. The minimum atomic E-state index is -4.69. The van der Waals surface area contributed by atoms with Gasteiger partial charge in [-0.3, -0.25) is 4.79 Å². The van der Waals surface area contributed by atoms with E-state index in [0.29, 0.717) is 10.1 Å². The van der Waals surface area contributed by atoms with Crippen LogP contribution in [0.1, 0.15) is 9.67 Å². The predicted molar refractivity (Wildman–Crippen MR) is 102 cm³/mol. The molecule has 0 bridgehead atoms. The third-order valence-electron chi connectivity index (χ3n) is 3.68. The molecule has 2 aromatic carbocycles. The smallest absolute Gasteiger partial charge is 0.321 e. The third kappa shape index (κ3) is 5.04. The summed E-state index contributed by atoms with van der Waals surface area (Å²) < 4.78 is 75.6. The van der Waals surface area contributed by atoms with Gasteiger partial charge in [-0.05, 0) is 42.5 Å². The Kier molecular flexibility index (Phi) is 5.86. The molecule has 154 valence electrons. The maximum Gasteiger partial charge on any atom is 0.402 e. The normalized spacial score (nSPS) is 12.3. The quantitative estimate of drug-likeness (QED) is 0.531. The van der Waals surface area contributed by atoms with Gasteiger partial charge in [0.05, 0.1) is 9.92 Å². The van der Waals surface area contributed by atoms with Crippen molar-refractivity contribution in [2.45, 2.75) is 11.1 Å². The average Bonchev–Trinajstić information content (AvgIpc) is 2.96. The Labute approximate surface area is 171 Å².